The zero-order valence-electron chi connectivity index (χ0n) is 15.4. The third kappa shape index (κ3) is 5.47. The van der Waals surface area contributed by atoms with Gasteiger partial charge in [-0.25, -0.2) is 4.98 Å². The number of ether oxygens (including phenoxy) is 1. The Bertz CT molecular complexity index is 819. The van der Waals surface area contributed by atoms with Crippen LogP contribution in [-0.2, 0) is 0 Å². The summed E-state index contributed by atoms with van der Waals surface area (Å²) in [5, 5.41) is 6.67. The smallest absolute Gasteiger partial charge is 0.274 e. The number of methoxy groups -OCH3 is 1. The lowest BCUT2D eigenvalue weighted by Crippen LogP contribution is -2.14. The van der Waals surface area contributed by atoms with Gasteiger partial charge in [0, 0.05) is 11.6 Å². The standard InChI is InChI=1S/C21H24ClN3O2/c1-27-20-10-7-16(22)13-19(20)25-21(26)18-9-8-17(14-24-18)23-12-11-15-5-3-2-4-6-15/h5,7-10,13-14,23H,2-4,6,11-12H2,1H3,(H,25,26). The van der Waals surface area contributed by atoms with E-state index in [0.717, 1.165) is 18.7 Å². The second-order valence-electron chi connectivity index (χ2n) is 6.52. The maximum atomic E-state index is 12.4. The third-order valence-electron chi connectivity index (χ3n) is 4.57. The topological polar surface area (TPSA) is 63.2 Å². The van der Waals surface area contributed by atoms with E-state index in [1.165, 1.54) is 31.3 Å². The lowest BCUT2D eigenvalue weighted by Gasteiger charge is -2.13. The lowest BCUT2D eigenvalue weighted by atomic mass is 9.97. The van der Waals surface area contributed by atoms with Crippen LogP contribution in [0, 0.1) is 0 Å². The summed E-state index contributed by atoms with van der Waals surface area (Å²) in [5.74, 6) is 0.234. The maximum absolute atomic E-state index is 12.4. The molecule has 2 aromatic rings. The molecule has 0 atom stereocenters. The summed E-state index contributed by atoms with van der Waals surface area (Å²) in [4.78, 5) is 16.7. The molecule has 1 aromatic heterocycles. The molecule has 5 nitrogen and oxygen atoms in total. The first-order chi connectivity index (χ1) is 13.2. The monoisotopic (exact) mass is 385 g/mol. The minimum Gasteiger partial charge on any atom is -0.495 e. The van der Waals surface area contributed by atoms with E-state index >= 15 is 0 Å². The van der Waals surface area contributed by atoms with Crippen molar-refractivity contribution in [2.45, 2.75) is 32.1 Å². The van der Waals surface area contributed by atoms with Crippen molar-refractivity contribution in [1.82, 2.24) is 4.98 Å². The highest BCUT2D eigenvalue weighted by molar-refractivity contribution is 6.31. The van der Waals surface area contributed by atoms with Crippen LogP contribution in [0.5, 0.6) is 5.75 Å². The molecule has 0 aliphatic heterocycles. The molecule has 0 spiro atoms. The van der Waals surface area contributed by atoms with Crippen LogP contribution < -0.4 is 15.4 Å². The summed E-state index contributed by atoms with van der Waals surface area (Å²) in [6.45, 7) is 0.874. The highest BCUT2D eigenvalue weighted by Crippen LogP contribution is 2.28. The van der Waals surface area contributed by atoms with Crippen molar-refractivity contribution in [3.63, 3.8) is 0 Å². The number of rotatable bonds is 7. The van der Waals surface area contributed by atoms with Crippen LogP contribution in [0.25, 0.3) is 0 Å². The van der Waals surface area contributed by atoms with Gasteiger partial charge in [0.1, 0.15) is 11.4 Å². The zero-order valence-corrected chi connectivity index (χ0v) is 16.2. The van der Waals surface area contributed by atoms with Crippen LogP contribution in [0.4, 0.5) is 11.4 Å². The minimum atomic E-state index is -0.311. The fourth-order valence-corrected chi connectivity index (χ4v) is 3.27. The van der Waals surface area contributed by atoms with E-state index in [2.05, 4.69) is 21.7 Å². The second-order valence-corrected chi connectivity index (χ2v) is 6.95. The molecular weight excluding hydrogens is 362 g/mol. The molecule has 0 unspecified atom stereocenters. The average Bonchev–Trinajstić information content (AvgIpc) is 2.69. The second kappa shape index (κ2) is 9.42. The van der Waals surface area contributed by atoms with Crippen molar-refractivity contribution in [2.24, 2.45) is 0 Å². The molecule has 2 N–H and O–H groups in total. The Morgan fingerprint density at radius 2 is 2.15 bits per heavy atom. The molecule has 0 radical (unpaired) electrons. The normalized spacial score (nSPS) is 13.6. The molecule has 1 amide bonds. The number of anilines is 2. The average molecular weight is 386 g/mol. The van der Waals surface area contributed by atoms with E-state index < -0.39 is 0 Å². The number of carbonyl (C=O) groups excluding carboxylic acids is 1. The molecule has 6 heteroatoms. The van der Waals surface area contributed by atoms with Crippen molar-refractivity contribution in [3.05, 3.63) is 58.9 Å². The number of allylic oxidation sites excluding steroid dienone is 1. The fourth-order valence-electron chi connectivity index (χ4n) is 3.10. The summed E-state index contributed by atoms with van der Waals surface area (Å²) in [6, 6.07) is 8.63. The first-order valence-corrected chi connectivity index (χ1v) is 9.56. The third-order valence-corrected chi connectivity index (χ3v) is 4.80. The van der Waals surface area contributed by atoms with Crippen LogP contribution in [-0.4, -0.2) is 24.5 Å². The van der Waals surface area contributed by atoms with Crippen LogP contribution in [0.1, 0.15) is 42.6 Å². The number of hydrogen-bond acceptors (Lipinski definition) is 4. The Labute approximate surface area is 164 Å². The predicted octanol–water partition coefficient (Wildman–Crippen LogP) is 5.30. The number of benzene rings is 1. The number of aromatic nitrogens is 1. The number of nitrogens with one attached hydrogen (secondary N) is 2. The van der Waals surface area contributed by atoms with E-state index in [1.54, 1.807) is 37.6 Å². The van der Waals surface area contributed by atoms with Gasteiger partial charge in [-0.1, -0.05) is 23.3 Å². The summed E-state index contributed by atoms with van der Waals surface area (Å²) in [7, 11) is 1.54. The Morgan fingerprint density at radius 1 is 1.26 bits per heavy atom. The van der Waals surface area contributed by atoms with E-state index in [4.69, 9.17) is 16.3 Å². The molecule has 0 saturated heterocycles. The Hall–Kier alpha value is -2.53. The van der Waals surface area contributed by atoms with E-state index in [-0.39, 0.29) is 5.91 Å². The molecule has 0 bridgehead atoms. The van der Waals surface area contributed by atoms with E-state index in [1.807, 2.05) is 6.07 Å². The molecule has 3 rings (SSSR count). The van der Waals surface area contributed by atoms with E-state index in [9.17, 15) is 4.79 Å². The number of carbonyl (C=O) groups is 1. The van der Waals surface area contributed by atoms with Crippen molar-refractivity contribution >= 4 is 28.9 Å². The van der Waals surface area contributed by atoms with Crippen LogP contribution in [0.2, 0.25) is 5.02 Å². The molecular formula is C21H24ClN3O2. The molecule has 1 aliphatic carbocycles. The zero-order chi connectivity index (χ0) is 19.1. The van der Waals surface area contributed by atoms with Gasteiger partial charge >= 0.3 is 0 Å². The quantitative estimate of drug-likeness (QED) is 0.635. The van der Waals surface area contributed by atoms with Gasteiger partial charge in [-0.3, -0.25) is 4.79 Å². The lowest BCUT2D eigenvalue weighted by molar-refractivity contribution is 0.102. The minimum absolute atomic E-state index is 0.311. The Morgan fingerprint density at radius 3 is 2.85 bits per heavy atom. The largest absolute Gasteiger partial charge is 0.495 e. The first kappa shape index (κ1) is 19.2. The van der Waals surface area contributed by atoms with E-state index in [0.29, 0.717) is 22.2 Å². The van der Waals surface area contributed by atoms with Gasteiger partial charge in [0.05, 0.1) is 24.7 Å². The Kier molecular flexibility index (Phi) is 6.71. The van der Waals surface area contributed by atoms with Crippen LogP contribution >= 0.6 is 11.6 Å². The van der Waals surface area contributed by atoms with Gasteiger partial charge in [-0.05, 0) is 62.4 Å². The van der Waals surface area contributed by atoms with Crippen LogP contribution in [0.15, 0.2) is 48.2 Å². The molecule has 1 aliphatic rings. The highest BCUT2D eigenvalue weighted by Gasteiger charge is 2.12. The molecule has 0 saturated carbocycles. The summed E-state index contributed by atoms with van der Waals surface area (Å²) in [5.41, 5.74) is 3.29. The predicted molar refractivity (Wildman–Crippen MR) is 110 cm³/mol. The van der Waals surface area contributed by atoms with Crippen molar-refractivity contribution in [2.75, 3.05) is 24.3 Å². The highest BCUT2D eigenvalue weighted by atomic mass is 35.5. The van der Waals surface area contributed by atoms with Gasteiger partial charge < -0.3 is 15.4 Å². The Balaban J connectivity index is 1.55. The van der Waals surface area contributed by atoms with Crippen LogP contribution in [0.3, 0.4) is 0 Å². The summed E-state index contributed by atoms with van der Waals surface area (Å²) < 4.78 is 5.24. The maximum Gasteiger partial charge on any atom is 0.274 e. The number of halogens is 1. The number of hydrogen-bond donors (Lipinski definition) is 2. The van der Waals surface area contributed by atoms with Crippen molar-refractivity contribution in [1.29, 1.82) is 0 Å². The van der Waals surface area contributed by atoms with Gasteiger partial charge in [-0.2, -0.15) is 0 Å². The summed E-state index contributed by atoms with van der Waals surface area (Å²) in [6.07, 6.45) is 10.1. The van der Waals surface area contributed by atoms with Gasteiger partial charge in [-0.15, -0.1) is 0 Å². The van der Waals surface area contributed by atoms with Gasteiger partial charge in [0.25, 0.3) is 5.91 Å². The van der Waals surface area contributed by atoms with Gasteiger partial charge in [0.2, 0.25) is 0 Å². The fraction of sp³-hybridized carbons (Fsp3) is 0.333. The van der Waals surface area contributed by atoms with Crippen molar-refractivity contribution in [3.8, 4) is 5.75 Å². The molecule has 27 heavy (non-hydrogen) atoms. The van der Waals surface area contributed by atoms with Crippen molar-refractivity contribution < 1.29 is 9.53 Å². The number of pyridine rings is 1. The number of nitrogens with zero attached hydrogens (tertiary/aromatic N) is 1. The molecule has 1 heterocycles. The molecule has 142 valence electrons. The molecule has 0 fully saturated rings. The SMILES string of the molecule is COc1ccc(Cl)cc1NC(=O)c1ccc(NCCC2=CCCCC2)cn1. The number of amides is 1. The summed E-state index contributed by atoms with van der Waals surface area (Å²) >= 11 is 5.99. The van der Waals surface area contributed by atoms with Gasteiger partial charge in [0.15, 0.2) is 0 Å². The molecule has 1 aromatic carbocycles. The first-order valence-electron chi connectivity index (χ1n) is 9.18.